The van der Waals surface area contributed by atoms with Gasteiger partial charge in [-0.05, 0) is 49.6 Å². The number of pyridine rings is 1. The van der Waals surface area contributed by atoms with Gasteiger partial charge >= 0.3 is 0 Å². The number of allylic oxidation sites excluding steroid dienone is 1. The maximum Gasteiger partial charge on any atom is 0.260 e. The lowest BCUT2D eigenvalue weighted by Crippen LogP contribution is -2.42. The minimum Gasteiger partial charge on any atom is -0.493 e. The molecule has 3 aromatic rings. The summed E-state index contributed by atoms with van der Waals surface area (Å²) in [6.07, 6.45) is 7.84. The van der Waals surface area contributed by atoms with Crippen molar-refractivity contribution >= 4 is 17.6 Å². The molecule has 1 saturated heterocycles. The SMILES string of the molecule is C/C=C/c1ccc(OCC(=O)N2CCCC(c3nnc4ccccn34)C2)c(OC)c1. The van der Waals surface area contributed by atoms with Crippen molar-refractivity contribution < 1.29 is 14.3 Å². The number of carbonyl (C=O) groups is 1. The Labute approximate surface area is 175 Å². The first-order valence-corrected chi connectivity index (χ1v) is 10.2. The Morgan fingerprint density at radius 3 is 2.97 bits per heavy atom. The van der Waals surface area contributed by atoms with Crippen molar-refractivity contribution in [3.63, 3.8) is 0 Å². The average Bonchev–Trinajstić information content (AvgIpc) is 3.22. The number of carbonyl (C=O) groups excluding carboxylic acids is 1. The standard InChI is InChI=1S/C23H26N4O3/c1-3-7-17-10-11-19(20(14-17)29-2)30-16-22(28)26-12-6-8-18(15-26)23-25-24-21-9-4-5-13-27(21)23/h3-5,7,9-11,13-14,18H,6,8,12,15-16H2,1-2H3/b7-3+. The number of hydrogen-bond acceptors (Lipinski definition) is 5. The zero-order valence-corrected chi connectivity index (χ0v) is 17.3. The molecule has 1 aliphatic heterocycles. The molecule has 0 spiro atoms. The number of fused-ring (bicyclic) bond motifs is 1. The Morgan fingerprint density at radius 2 is 2.13 bits per heavy atom. The largest absolute Gasteiger partial charge is 0.493 e. The molecule has 30 heavy (non-hydrogen) atoms. The van der Waals surface area contributed by atoms with E-state index in [1.807, 2.05) is 71.0 Å². The Bertz CT molecular complexity index is 1060. The van der Waals surface area contributed by atoms with E-state index in [-0.39, 0.29) is 18.4 Å². The molecule has 0 saturated carbocycles. The van der Waals surface area contributed by atoms with Gasteiger partial charge in [-0.15, -0.1) is 10.2 Å². The predicted molar refractivity (Wildman–Crippen MR) is 115 cm³/mol. The molecule has 0 aliphatic carbocycles. The van der Waals surface area contributed by atoms with Crippen molar-refractivity contribution in [1.82, 2.24) is 19.5 Å². The molecule has 1 amide bonds. The number of benzene rings is 1. The summed E-state index contributed by atoms with van der Waals surface area (Å²) in [7, 11) is 1.60. The van der Waals surface area contributed by atoms with Gasteiger partial charge in [0.05, 0.1) is 7.11 Å². The molecule has 7 nitrogen and oxygen atoms in total. The number of nitrogens with zero attached hydrogens (tertiary/aromatic N) is 4. The molecule has 1 aromatic carbocycles. The van der Waals surface area contributed by atoms with Crippen LogP contribution in [0.4, 0.5) is 0 Å². The van der Waals surface area contributed by atoms with Crippen LogP contribution in [0.2, 0.25) is 0 Å². The third kappa shape index (κ3) is 4.15. The molecule has 1 atom stereocenters. The highest BCUT2D eigenvalue weighted by Crippen LogP contribution is 2.29. The highest BCUT2D eigenvalue weighted by atomic mass is 16.5. The third-order valence-corrected chi connectivity index (χ3v) is 5.38. The number of methoxy groups -OCH3 is 1. The molecule has 156 valence electrons. The summed E-state index contributed by atoms with van der Waals surface area (Å²) < 4.78 is 13.2. The first-order valence-electron chi connectivity index (χ1n) is 10.2. The molecule has 0 bridgehead atoms. The molecular formula is C23H26N4O3. The van der Waals surface area contributed by atoms with Crippen molar-refractivity contribution in [2.75, 3.05) is 26.8 Å². The molecule has 0 N–H and O–H groups in total. The Balaban J connectivity index is 1.41. The summed E-state index contributed by atoms with van der Waals surface area (Å²) in [4.78, 5) is 14.7. The van der Waals surface area contributed by atoms with Crippen molar-refractivity contribution in [3.05, 3.63) is 60.1 Å². The van der Waals surface area contributed by atoms with Gasteiger partial charge in [0.1, 0.15) is 5.82 Å². The quantitative estimate of drug-likeness (QED) is 0.626. The third-order valence-electron chi connectivity index (χ3n) is 5.38. The van der Waals surface area contributed by atoms with Crippen LogP contribution in [-0.4, -0.2) is 52.2 Å². The molecule has 7 heteroatoms. The summed E-state index contributed by atoms with van der Waals surface area (Å²) >= 11 is 0. The topological polar surface area (TPSA) is 69.0 Å². The minimum atomic E-state index is -0.0342. The Kier molecular flexibility index (Phi) is 5.97. The molecule has 4 rings (SSSR count). The van der Waals surface area contributed by atoms with Crippen LogP contribution in [0.3, 0.4) is 0 Å². The first kappa shape index (κ1) is 19.9. The van der Waals surface area contributed by atoms with Crippen LogP contribution in [0.5, 0.6) is 11.5 Å². The van der Waals surface area contributed by atoms with Crippen LogP contribution in [0.15, 0.2) is 48.7 Å². The number of likely N-dealkylation sites (tertiary alicyclic amines) is 1. The zero-order chi connectivity index (χ0) is 20.9. The summed E-state index contributed by atoms with van der Waals surface area (Å²) in [6, 6.07) is 11.5. The number of piperidine rings is 1. The van der Waals surface area contributed by atoms with Gasteiger partial charge in [0.25, 0.3) is 5.91 Å². The van der Waals surface area contributed by atoms with E-state index in [9.17, 15) is 4.79 Å². The lowest BCUT2D eigenvalue weighted by atomic mass is 9.97. The Morgan fingerprint density at radius 1 is 1.23 bits per heavy atom. The fourth-order valence-electron chi connectivity index (χ4n) is 3.88. The first-order chi connectivity index (χ1) is 14.7. The smallest absolute Gasteiger partial charge is 0.260 e. The molecule has 1 unspecified atom stereocenters. The van der Waals surface area contributed by atoms with Crippen LogP contribution in [0, 0.1) is 0 Å². The van der Waals surface area contributed by atoms with Gasteiger partial charge in [0, 0.05) is 25.2 Å². The van der Waals surface area contributed by atoms with Gasteiger partial charge in [0.15, 0.2) is 23.8 Å². The lowest BCUT2D eigenvalue weighted by Gasteiger charge is -2.32. The van der Waals surface area contributed by atoms with Gasteiger partial charge < -0.3 is 14.4 Å². The monoisotopic (exact) mass is 406 g/mol. The van der Waals surface area contributed by atoms with Crippen molar-refractivity contribution in [1.29, 1.82) is 0 Å². The van der Waals surface area contributed by atoms with Crippen LogP contribution < -0.4 is 9.47 Å². The lowest BCUT2D eigenvalue weighted by molar-refractivity contribution is -0.134. The fourth-order valence-corrected chi connectivity index (χ4v) is 3.88. The van der Waals surface area contributed by atoms with E-state index in [0.29, 0.717) is 18.0 Å². The van der Waals surface area contributed by atoms with Crippen molar-refractivity contribution in [2.24, 2.45) is 0 Å². The maximum atomic E-state index is 12.8. The number of hydrogen-bond donors (Lipinski definition) is 0. The summed E-state index contributed by atoms with van der Waals surface area (Å²) in [5.74, 6) is 2.22. The number of aromatic nitrogens is 3. The van der Waals surface area contributed by atoms with E-state index < -0.39 is 0 Å². The van der Waals surface area contributed by atoms with E-state index in [0.717, 1.165) is 36.4 Å². The van der Waals surface area contributed by atoms with E-state index in [1.54, 1.807) is 7.11 Å². The van der Waals surface area contributed by atoms with E-state index in [4.69, 9.17) is 9.47 Å². The second kappa shape index (κ2) is 8.98. The highest BCUT2D eigenvalue weighted by Gasteiger charge is 2.28. The minimum absolute atomic E-state index is 0.0212. The highest BCUT2D eigenvalue weighted by molar-refractivity contribution is 5.78. The van der Waals surface area contributed by atoms with Crippen LogP contribution in [-0.2, 0) is 4.79 Å². The van der Waals surface area contributed by atoms with Gasteiger partial charge in [-0.2, -0.15) is 0 Å². The summed E-state index contributed by atoms with van der Waals surface area (Å²) in [6.45, 7) is 3.29. The van der Waals surface area contributed by atoms with Crippen molar-refractivity contribution in [2.45, 2.75) is 25.7 Å². The van der Waals surface area contributed by atoms with Crippen molar-refractivity contribution in [3.8, 4) is 11.5 Å². The number of rotatable bonds is 6. The van der Waals surface area contributed by atoms with Crippen LogP contribution in [0.1, 0.15) is 37.1 Å². The van der Waals surface area contributed by atoms with E-state index in [1.165, 1.54) is 0 Å². The number of ether oxygens (including phenoxy) is 2. The van der Waals surface area contributed by atoms with E-state index in [2.05, 4.69) is 10.2 Å². The zero-order valence-electron chi connectivity index (χ0n) is 17.3. The molecule has 1 aliphatic rings. The molecular weight excluding hydrogens is 380 g/mol. The molecule has 3 heterocycles. The van der Waals surface area contributed by atoms with Crippen LogP contribution >= 0.6 is 0 Å². The predicted octanol–water partition coefficient (Wildman–Crippen LogP) is 3.56. The fraction of sp³-hybridized carbons (Fsp3) is 0.348. The normalized spacial score (nSPS) is 16.9. The molecule has 2 aromatic heterocycles. The van der Waals surface area contributed by atoms with Gasteiger partial charge in [-0.25, -0.2) is 0 Å². The second-order valence-corrected chi connectivity index (χ2v) is 7.36. The second-order valence-electron chi connectivity index (χ2n) is 7.36. The molecule has 1 fully saturated rings. The molecule has 0 radical (unpaired) electrons. The average molecular weight is 406 g/mol. The van der Waals surface area contributed by atoms with E-state index >= 15 is 0 Å². The summed E-state index contributed by atoms with van der Waals surface area (Å²) in [5, 5.41) is 8.62. The summed E-state index contributed by atoms with van der Waals surface area (Å²) in [5.41, 5.74) is 1.85. The van der Waals surface area contributed by atoms with Gasteiger partial charge in [-0.3, -0.25) is 9.20 Å². The van der Waals surface area contributed by atoms with Crippen LogP contribution in [0.25, 0.3) is 11.7 Å². The Hall–Kier alpha value is -3.35. The number of amides is 1. The van der Waals surface area contributed by atoms with Gasteiger partial charge in [0.2, 0.25) is 0 Å². The maximum absolute atomic E-state index is 12.8. The van der Waals surface area contributed by atoms with Gasteiger partial charge in [-0.1, -0.05) is 24.3 Å².